The van der Waals surface area contributed by atoms with E-state index in [4.69, 9.17) is 0 Å². The second kappa shape index (κ2) is 8.01. The van der Waals surface area contributed by atoms with Crippen LogP contribution in [0.4, 0.5) is 5.69 Å². The van der Waals surface area contributed by atoms with Gasteiger partial charge in [-0.3, -0.25) is 14.9 Å². The Bertz CT molecular complexity index is 750. The zero-order chi connectivity index (χ0) is 17.5. The fraction of sp³-hybridized carbons (Fsp3) is 0.222. The lowest BCUT2D eigenvalue weighted by molar-refractivity contribution is -0.384. The third kappa shape index (κ3) is 4.74. The summed E-state index contributed by atoms with van der Waals surface area (Å²) < 4.78 is 0. The van der Waals surface area contributed by atoms with E-state index in [1.54, 1.807) is 12.1 Å². The number of benzene rings is 2. The quantitative estimate of drug-likeness (QED) is 0.502. The highest BCUT2D eigenvalue weighted by molar-refractivity contribution is 6.00. The Morgan fingerprint density at radius 1 is 1.12 bits per heavy atom. The van der Waals surface area contributed by atoms with Crippen LogP contribution in [0.15, 0.2) is 53.6 Å². The van der Waals surface area contributed by atoms with Gasteiger partial charge < -0.3 is 0 Å². The predicted octanol–water partition coefficient (Wildman–Crippen LogP) is 3.38. The lowest BCUT2D eigenvalue weighted by Gasteiger charge is -2.06. The molecule has 0 fully saturated rings. The van der Waals surface area contributed by atoms with Crippen LogP contribution in [0.25, 0.3) is 0 Å². The van der Waals surface area contributed by atoms with Crippen molar-refractivity contribution >= 4 is 17.3 Å². The first-order valence-corrected chi connectivity index (χ1v) is 7.65. The van der Waals surface area contributed by atoms with E-state index in [2.05, 4.69) is 10.5 Å². The second-order valence-electron chi connectivity index (χ2n) is 5.41. The summed E-state index contributed by atoms with van der Waals surface area (Å²) in [7, 11) is 0. The minimum Gasteiger partial charge on any atom is -0.273 e. The van der Waals surface area contributed by atoms with Crippen molar-refractivity contribution < 1.29 is 9.72 Å². The van der Waals surface area contributed by atoms with Crippen LogP contribution in [-0.2, 0) is 11.2 Å². The normalized spacial score (nSPS) is 11.2. The Labute approximate surface area is 140 Å². The summed E-state index contributed by atoms with van der Waals surface area (Å²) in [5.74, 6) is -0.262. The largest absolute Gasteiger partial charge is 0.273 e. The zero-order valence-corrected chi connectivity index (χ0v) is 13.7. The number of nitro groups is 1. The molecule has 2 rings (SSSR count). The van der Waals surface area contributed by atoms with Gasteiger partial charge in [-0.15, -0.1) is 0 Å². The molecule has 1 N–H and O–H groups in total. The summed E-state index contributed by atoms with van der Waals surface area (Å²) in [6.07, 6.45) is 0.813. The Morgan fingerprint density at radius 2 is 1.75 bits per heavy atom. The van der Waals surface area contributed by atoms with Gasteiger partial charge in [0.25, 0.3) is 5.69 Å². The van der Waals surface area contributed by atoms with Gasteiger partial charge in [-0.1, -0.05) is 48.9 Å². The number of carbonyl (C=O) groups excluding carboxylic acids is 1. The molecule has 124 valence electrons. The number of nitrogens with zero attached hydrogens (tertiary/aromatic N) is 2. The van der Waals surface area contributed by atoms with Crippen LogP contribution in [0.2, 0.25) is 0 Å². The average molecular weight is 325 g/mol. The average Bonchev–Trinajstić information content (AvgIpc) is 2.57. The number of hydrazone groups is 1. The number of hydrogen-bond donors (Lipinski definition) is 1. The van der Waals surface area contributed by atoms with Gasteiger partial charge in [-0.2, -0.15) is 5.10 Å². The fourth-order valence-corrected chi connectivity index (χ4v) is 2.18. The van der Waals surface area contributed by atoms with Crippen LogP contribution < -0.4 is 5.43 Å². The van der Waals surface area contributed by atoms with Gasteiger partial charge in [-0.05, 0) is 24.5 Å². The Morgan fingerprint density at radius 3 is 2.29 bits per heavy atom. The van der Waals surface area contributed by atoms with Crippen LogP contribution in [0.3, 0.4) is 0 Å². The van der Waals surface area contributed by atoms with Crippen LogP contribution in [0.5, 0.6) is 0 Å². The molecule has 0 aliphatic heterocycles. The van der Waals surface area contributed by atoms with Crippen molar-refractivity contribution in [2.45, 2.75) is 26.7 Å². The molecule has 6 nitrogen and oxygen atoms in total. The van der Waals surface area contributed by atoms with E-state index in [1.807, 2.05) is 38.1 Å². The summed E-state index contributed by atoms with van der Waals surface area (Å²) in [6.45, 7) is 3.99. The van der Waals surface area contributed by atoms with Crippen molar-refractivity contribution in [2.75, 3.05) is 0 Å². The second-order valence-corrected chi connectivity index (χ2v) is 5.41. The first-order chi connectivity index (χ1) is 11.5. The molecular weight excluding hydrogens is 306 g/mol. The van der Waals surface area contributed by atoms with Gasteiger partial charge in [0.2, 0.25) is 5.91 Å². The molecule has 0 aromatic heterocycles. The summed E-state index contributed by atoms with van der Waals surface area (Å²) in [5, 5.41) is 14.8. The number of carbonyl (C=O) groups is 1. The van der Waals surface area contributed by atoms with Crippen molar-refractivity contribution in [1.29, 1.82) is 0 Å². The molecule has 0 radical (unpaired) electrons. The summed E-state index contributed by atoms with van der Waals surface area (Å²) >= 11 is 0. The molecule has 0 aliphatic rings. The van der Waals surface area contributed by atoms with Crippen molar-refractivity contribution in [1.82, 2.24) is 5.43 Å². The molecule has 0 bridgehead atoms. The number of aryl methyl sites for hydroxylation is 1. The number of nitrogens with one attached hydrogen (secondary N) is 1. The van der Waals surface area contributed by atoms with Crippen molar-refractivity contribution in [2.24, 2.45) is 5.10 Å². The van der Waals surface area contributed by atoms with Crippen molar-refractivity contribution in [3.05, 3.63) is 75.3 Å². The highest BCUT2D eigenvalue weighted by Crippen LogP contribution is 2.12. The summed E-state index contributed by atoms with van der Waals surface area (Å²) in [4.78, 5) is 22.1. The van der Waals surface area contributed by atoms with E-state index in [0.29, 0.717) is 12.0 Å². The SMILES string of the molecule is CCC(=NNC(=O)Cc1ccc([N+](=O)[O-])cc1)c1ccc(C)cc1. The maximum atomic E-state index is 12.0. The smallest absolute Gasteiger partial charge is 0.269 e. The molecule has 24 heavy (non-hydrogen) atoms. The van der Waals surface area contributed by atoms with Gasteiger partial charge >= 0.3 is 0 Å². The Balaban J connectivity index is 2.00. The van der Waals surface area contributed by atoms with E-state index >= 15 is 0 Å². The van der Waals surface area contributed by atoms with E-state index in [-0.39, 0.29) is 18.0 Å². The molecule has 0 saturated carbocycles. The van der Waals surface area contributed by atoms with E-state index < -0.39 is 4.92 Å². The topological polar surface area (TPSA) is 84.6 Å². The highest BCUT2D eigenvalue weighted by Gasteiger charge is 2.08. The van der Waals surface area contributed by atoms with Crippen LogP contribution in [0, 0.1) is 17.0 Å². The lowest BCUT2D eigenvalue weighted by atomic mass is 10.1. The van der Waals surface area contributed by atoms with E-state index in [0.717, 1.165) is 16.8 Å². The molecule has 6 heteroatoms. The molecule has 0 heterocycles. The minimum atomic E-state index is -0.469. The number of hydrogen-bond acceptors (Lipinski definition) is 4. The molecule has 2 aromatic rings. The lowest BCUT2D eigenvalue weighted by Crippen LogP contribution is -2.21. The maximum Gasteiger partial charge on any atom is 0.269 e. The standard InChI is InChI=1S/C18H19N3O3/c1-3-17(15-8-4-13(2)5-9-15)19-20-18(22)12-14-6-10-16(11-7-14)21(23)24/h4-11H,3,12H2,1-2H3,(H,20,22). The molecule has 0 spiro atoms. The molecule has 1 amide bonds. The van der Waals surface area contributed by atoms with Gasteiger partial charge in [0.1, 0.15) is 0 Å². The molecule has 0 unspecified atom stereocenters. The van der Waals surface area contributed by atoms with Crippen molar-refractivity contribution in [3.63, 3.8) is 0 Å². The fourth-order valence-electron chi connectivity index (χ4n) is 2.18. The Kier molecular flexibility index (Phi) is 5.78. The van der Waals surface area contributed by atoms with Crippen LogP contribution >= 0.6 is 0 Å². The molecule has 0 aliphatic carbocycles. The molecular formula is C18H19N3O3. The number of rotatable bonds is 6. The van der Waals surface area contributed by atoms with Crippen LogP contribution in [-0.4, -0.2) is 16.5 Å². The zero-order valence-electron chi connectivity index (χ0n) is 13.7. The Hall–Kier alpha value is -3.02. The van der Waals surface area contributed by atoms with E-state index in [1.165, 1.54) is 12.1 Å². The summed E-state index contributed by atoms with van der Waals surface area (Å²) in [6, 6.07) is 13.9. The predicted molar refractivity (Wildman–Crippen MR) is 93.0 cm³/mol. The van der Waals surface area contributed by atoms with Gasteiger partial charge in [0.15, 0.2) is 0 Å². The number of amides is 1. The van der Waals surface area contributed by atoms with E-state index in [9.17, 15) is 14.9 Å². The molecule has 2 aromatic carbocycles. The highest BCUT2D eigenvalue weighted by atomic mass is 16.6. The summed E-state index contributed by atoms with van der Waals surface area (Å²) in [5.41, 5.74) is 6.18. The van der Waals surface area contributed by atoms with Crippen molar-refractivity contribution in [3.8, 4) is 0 Å². The maximum absolute atomic E-state index is 12.0. The van der Waals surface area contributed by atoms with Crippen LogP contribution in [0.1, 0.15) is 30.0 Å². The minimum absolute atomic E-state index is 0.00446. The van der Waals surface area contributed by atoms with Gasteiger partial charge in [0, 0.05) is 12.1 Å². The first kappa shape index (κ1) is 17.3. The monoisotopic (exact) mass is 325 g/mol. The number of nitro benzene ring substituents is 1. The third-order valence-electron chi connectivity index (χ3n) is 3.55. The van der Waals surface area contributed by atoms with Gasteiger partial charge in [-0.25, -0.2) is 5.43 Å². The molecule has 0 atom stereocenters. The number of non-ortho nitro benzene ring substituents is 1. The first-order valence-electron chi connectivity index (χ1n) is 7.65. The third-order valence-corrected chi connectivity index (χ3v) is 3.55. The molecule has 0 saturated heterocycles. The van der Waals surface area contributed by atoms with Gasteiger partial charge in [0.05, 0.1) is 17.1 Å².